The van der Waals surface area contributed by atoms with Crippen molar-refractivity contribution < 1.29 is 0 Å². The molecule has 0 atom stereocenters. The molecule has 0 rings (SSSR count). The Hall–Kier alpha value is 0.440. The fourth-order valence-electron chi connectivity index (χ4n) is 0.183. The van der Waals surface area contributed by atoms with Crippen LogP contribution in [0.15, 0.2) is 10.3 Å². The summed E-state index contributed by atoms with van der Waals surface area (Å²) in [5.74, 6) is 0. The Balaban J connectivity index is 3.14. The highest BCUT2D eigenvalue weighted by molar-refractivity contribution is 8.04. The van der Waals surface area contributed by atoms with E-state index in [0.29, 0.717) is 0 Å². The van der Waals surface area contributed by atoms with Gasteiger partial charge in [-0.1, -0.05) is 13.0 Å². The number of hydrogen-bond donors (Lipinski definition) is 2. The van der Waals surface area contributed by atoms with Gasteiger partial charge in [-0.2, -0.15) is 0 Å². The molecule has 0 N–H and O–H groups in total. The standard InChI is InChI=1S/C4H8S2/c1-2-3-4(5)6/h3,5-6H,2H2,1H3. The number of thiol groups is 2. The molecule has 0 saturated heterocycles. The second-order valence-electron chi connectivity index (χ2n) is 0.971. The topological polar surface area (TPSA) is 0 Å². The summed E-state index contributed by atoms with van der Waals surface area (Å²) >= 11 is 7.81. The summed E-state index contributed by atoms with van der Waals surface area (Å²) in [6.45, 7) is 2.05. The van der Waals surface area contributed by atoms with Crippen LogP contribution < -0.4 is 0 Å². The molecule has 0 aromatic heterocycles. The lowest BCUT2D eigenvalue weighted by Crippen LogP contribution is -1.50. The predicted octanol–water partition coefficient (Wildman–Crippen LogP) is 2.10. The van der Waals surface area contributed by atoms with Crippen LogP contribution in [0.2, 0.25) is 0 Å². The lowest BCUT2D eigenvalue weighted by atomic mass is 10.5. The van der Waals surface area contributed by atoms with Gasteiger partial charge >= 0.3 is 0 Å². The highest BCUT2D eigenvalue weighted by Gasteiger charge is 1.69. The molecule has 0 heterocycles. The minimum absolute atomic E-state index is 0.803. The molecule has 36 valence electrons. The molecule has 0 amide bonds. The second kappa shape index (κ2) is 3.62. The highest BCUT2D eigenvalue weighted by atomic mass is 32.2. The van der Waals surface area contributed by atoms with Crippen molar-refractivity contribution in [3.05, 3.63) is 10.3 Å². The van der Waals surface area contributed by atoms with E-state index in [1.165, 1.54) is 0 Å². The average Bonchev–Trinajstić information content (AvgIpc) is 1.35. The van der Waals surface area contributed by atoms with Crippen molar-refractivity contribution >= 4 is 25.3 Å². The summed E-state index contributed by atoms with van der Waals surface area (Å²) in [5, 5.41) is 0. The summed E-state index contributed by atoms with van der Waals surface area (Å²) in [7, 11) is 0. The van der Waals surface area contributed by atoms with Crippen molar-refractivity contribution in [2.45, 2.75) is 13.3 Å². The van der Waals surface area contributed by atoms with E-state index in [0.717, 1.165) is 10.7 Å². The monoisotopic (exact) mass is 120 g/mol. The van der Waals surface area contributed by atoms with Gasteiger partial charge in [0.1, 0.15) is 0 Å². The van der Waals surface area contributed by atoms with E-state index in [4.69, 9.17) is 0 Å². The largest absolute Gasteiger partial charge is 0.137 e. The molecule has 0 aromatic rings. The van der Waals surface area contributed by atoms with E-state index in [9.17, 15) is 0 Å². The van der Waals surface area contributed by atoms with E-state index in [2.05, 4.69) is 25.3 Å². The van der Waals surface area contributed by atoms with Crippen LogP contribution in [0.3, 0.4) is 0 Å². The minimum Gasteiger partial charge on any atom is -0.137 e. The first-order valence-corrected chi connectivity index (χ1v) is 2.75. The summed E-state index contributed by atoms with van der Waals surface area (Å²) < 4.78 is 0.803. The normalized spacial score (nSPS) is 7.83. The summed E-state index contributed by atoms with van der Waals surface area (Å²) in [6.07, 6.45) is 2.95. The van der Waals surface area contributed by atoms with Crippen LogP contribution in [0.5, 0.6) is 0 Å². The van der Waals surface area contributed by atoms with Crippen LogP contribution in [-0.2, 0) is 0 Å². The van der Waals surface area contributed by atoms with Gasteiger partial charge in [-0.15, -0.1) is 25.3 Å². The van der Waals surface area contributed by atoms with Crippen molar-refractivity contribution in [3.63, 3.8) is 0 Å². The maximum Gasteiger partial charge on any atom is 0.0299 e. The first-order valence-electron chi connectivity index (χ1n) is 1.85. The number of allylic oxidation sites excluding steroid dienone is 1. The number of rotatable bonds is 1. The lowest BCUT2D eigenvalue weighted by Gasteiger charge is -1.78. The van der Waals surface area contributed by atoms with Crippen LogP contribution in [0.1, 0.15) is 13.3 Å². The predicted molar refractivity (Wildman–Crippen MR) is 36.3 cm³/mol. The van der Waals surface area contributed by atoms with Gasteiger partial charge in [0.05, 0.1) is 0 Å². The minimum atomic E-state index is 0.803. The zero-order chi connectivity index (χ0) is 4.99. The molecule has 0 spiro atoms. The van der Waals surface area contributed by atoms with Crippen molar-refractivity contribution in [2.24, 2.45) is 0 Å². The molecule has 0 aromatic carbocycles. The van der Waals surface area contributed by atoms with Crippen LogP contribution in [-0.4, -0.2) is 0 Å². The zero-order valence-corrected chi connectivity index (χ0v) is 5.47. The van der Waals surface area contributed by atoms with Crippen molar-refractivity contribution in [3.8, 4) is 0 Å². The summed E-state index contributed by atoms with van der Waals surface area (Å²) in [5.41, 5.74) is 0. The molecule has 6 heavy (non-hydrogen) atoms. The third kappa shape index (κ3) is 4.44. The van der Waals surface area contributed by atoms with Gasteiger partial charge in [0.25, 0.3) is 0 Å². The second-order valence-corrected chi connectivity index (χ2v) is 2.29. The summed E-state index contributed by atoms with van der Waals surface area (Å²) in [4.78, 5) is 0. The van der Waals surface area contributed by atoms with Gasteiger partial charge in [0.2, 0.25) is 0 Å². The molecule has 0 aliphatic carbocycles. The Kier molecular flexibility index (Phi) is 3.89. The third-order valence-electron chi connectivity index (χ3n) is 0.387. The maximum atomic E-state index is 3.90. The van der Waals surface area contributed by atoms with E-state index >= 15 is 0 Å². The van der Waals surface area contributed by atoms with Crippen molar-refractivity contribution in [2.75, 3.05) is 0 Å². The molecular formula is C4H8S2. The van der Waals surface area contributed by atoms with Crippen molar-refractivity contribution in [1.82, 2.24) is 0 Å². The molecular weight excluding hydrogens is 112 g/mol. The van der Waals surface area contributed by atoms with E-state index in [-0.39, 0.29) is 0 Å². The van der Waals surface area contributed by atoms with Gasteiger partial charge in [-0.25, -0.2) is 0 Å². The molecule has 0 radical (unpaired) electrons. The lowest BCUT2D eigenvalue weighted by molar-refractivity contribution is 1.23. The Morgan fingerprint density at radius 1 is 1.67 bits per heavy atom. The SMILES string of the molecule is CCC=C(S)S. The molecule has 0 bridgehead atoms. The molecule has 0 nitrogen and oxygen atoms in total. The van der Waals surface area contributed by atoms with Gasteiger partial charge in [-0.05, 0) is 6.42 Å². The van der Waals surface area contributed by atoms with Crippen LogP contribution >= 0.6 is 25.3 Å². The van der Waals surface area contributed by atoms with Crippen LogP contribution in [0.25, 0.3) is 0 Å². The van der Waals surface area contributed by atoms with E-state index < -0.39 is 0 Å². The van der Waals surface area contributed by atoms with Gasteiger partial charge in [0.15, 0.2) is 0 Å². The Bertz CT molecular complexity index is 52.6. The van der Waals surface area contributed by atoms with E-state index in [1.54, 1.807) is 0 Å². The third-order valence-corrected chi connectivity index (χ3v) is 0.752. The Labute approximate surface area is 49.5 Å². The quantitative estimate of drug-likeness (QED) is 0.486. The van der Waals surface area contributed by atoms with Crippen LogP contribution in [0.4, 0.5) is 0 Å². The molecule has 2 heteroatoms. The zero-order valence-electron chi connectivity index (χ0n) is 3.68. The maximum absolute atomic E-state index is 3.90. The first-order chi connectivity index (χ1) is 2.77. The average molecular weight is 120 g/mol. The smallest absolute Gasteiger partial charge is 0.0299 e. The van der Waals surface area contributed by atoms with Gasteiger partial charge in [0, 0.05) is 4.24 Å². The molecule has 0 fully saturated rings. The van der Waals surface area contributed by atoms with Crippen LogP contribution in [0, 0.1) is 0 Å². The molecule has 0 aliphatic rings. The first kappa shape index (κ1) is 6.44. The van der Waals surface area contributed by atoms with Gasteiger partial charge in [-0.3, -0.25) is 0 Å². The van der Waals surface area contributed by atoms with Crippen molar-refractivity contribution in [1.29, 1.82) is 0 Å². The number of hydrogen-bond acceptors (Lipinski definition) is 2. The molecule has 0 unspecified atom stereocenters. The Morgan fingerprint density at radius 3 is 2.17 bits per heavy atom. The fraction of sp³-hybridized carbons (Fsp3) is 0.500. The summed E-state index contributed by atoms with van der Waals surface area (Å²) in [6, 6.07) is 0. The van der Waals surface area contributed by atoms with Gasteiger partial charge < -0.3 is 0 Å². The highest BCUT2D eigenvalue weighted by Crippen LogP contribution is 2.04. The Morgan fingerprint density at radius 2 is 2.17 bits per heavy atom. The fourth-order valence-corrected chi connectivity index (χ4v) is 0.548. The molecule has 0 saturated carbocycles. The van der Waals surface area contributed by atoms with E-state index in [1.807, 2.05) is 13.0 Å². The molecule has 0 aliphatic heterocycles.